The highest BCUT2D eigenvalue weighted by Gasteiger charge is 2.26. The number of carbonyl (C=O) groups is 1. The molecule has 0 atom stereocenters. The minimum absolute atomic E-state index is 0.00764. The summed E-state index contributed by atoms with van der Waals surface area (Å²) in [6, 6.07) is 7.79. The summed E-state index contributed by atoms with van der Waals surface area (Å²) in [4.78, 5) is 11.5. The summed E-state index contributed by atoms with van der Waals surface area (Å²) >= 11 is 6.45. The Bertz CT molecular complexity index is 404. The van der Waals surface area contributed by atoms with Crippen LogP contribution in [0.25, 0.3) is 0 Å². The van der Waals surface area contributed by atoms with E-state index < -0.39 is 0 Å². The third kappa shape index (κ3) is 2.13. The van der Waals surface area contributed by atoms with Gasteiger partial charge < -0.3 is 0 Å². The van der Waals surface area contributed by atoms with Gasteiger partial charge in [-0.25, -0.2) is 5.01 Å². The van der Waals surface area contributed by atoms with Crippen molar-refractivity contribution in [2.24, 2.45) is 0 Å². The summed E-state index contributed by atoms with van der Waals surface area (Å²) in [5, 5.41) is 1.43. The molecule has 1 heterocycles. The van der Waals surface area contributed by atoms with Gasteiger partial charge in [-0.1, -0.05) is 42.2 Å². The number of anilines is 1. The molecule has 1 aromatic rings. The Balaban J connectivity index is 2.18. The number of thiocarbonyl (C=S) groups is 1. The van der Waals surface area contributed by atoms with Crippen LogP contribution in [-0.4, -0.2) is 21.0 Å². The average molecular weight is 238 g/mol. The van der Waals surface area contributed by atoms with Crippen LogP contribution in [0.1, 0.15) is 5.56 Å². The zero-order valence-corrected chi connectivity index (χ0v) is 9.82. The molecule has 5 heteroatoms. The van der Waals surface area contributed by atoms with Crippen LogP contribution >= 0.6 is 24.0 Å². The molecule has 0 aromatic heterocycles. The fraction of sp³-hybridized carbons (Fsp3) is 0.200. The molecule has 0 spiro atoms. The molecule has 0 bridgehead atoms. The third-order valence-electron chi connectivity index (χ3n) is 2.13. The van der Waals surface area contributed by atoms with Gasteiger partial charge >= 0.3 is 0 Å². The summed E-state index contributed by atoms with van der Waals surface area (Å²) in [6.07, 6.45) is 0. The van der Waals surface area contributed by atoms with Crippen molar-refractivity contribution in [1.29, 1.82) is 0 Å². The van der Waals surface area contributed by atoms with Gasteiger partial charge in [-0.2, -0.15) is 0 Å². The van der Waals surface area contributed by atoms with Crippen LogP contribution in [-0.2, 0) is 4.79 Å². The van der Waals surface area contributed by atoms with Gasteiger partial charge in [-0.05, 0) is 18.6 Å². The monoisotopic (exact) mass is 238 g/mol. The SMILES string of the molecule is Cc1ccccc1NN1C(=O)CSC1=S. The van der Waals surface area contributed by atoms with Crippen molar-refractivity contribution in [3.05, 3.63) is 29.8 Å². The van der Waals surface area contributed by atoms with Crippen LogP contribution in [0.4, 0.5) is 5.69 Å². The fourth-order valence-electron chi connectivity index (χ4n) is 1.28. The Labute approximate surface area is 97.8 Å². The lowest BCUT2D eigenvalue weighted by Crippen LogP contribution is -2.34. The third-order valence-corrected chi connectivity index (χ3v) is 3.49. The topological polar surface area (TPSA) is 32.3 Å². The molecule has 0 radical (unpaired) electrons. The highest BCUT2D eigenvalue weighted by Crippen LogP contribution is 2.22. The molecule has 1 N–H and O–H groups in total. The molecule has 1 saturated heterocycles. The first-order valence-electron chi connectivity index (χ1n) is 4.50. The minimum atomic E-state index is 0.00764. The number of hydrogen-bond acceptors (Lipinski definition) is 4. The lowest BCUT2D eigenvalue weighted by Gasteiger charge is -2.18. The summed E-state index contributed by atoms with van der Waals surface area (Å²) < 4.78 is 0.586. The van der Waals surface area contributed by atoms with Crippen molar-refractivity contribution < 1.29 is 4.79 Å². The number of rotatable bonds is 2. The lowest BCUT2D eigenvalue weighted by molar-refractivity contribution is -0.123. The van der Waals surface area contributed by atoms with E-state index in [9.17, 15) is 4.79 Å². The van der Waals surface area contributed by atoms with Crippen LogP contribution in [0, 0.1) is 6.92 Å². The summed E-state index contributed by atoms with van der Waals surface area (Å²) in [7, 11) is 0. The molecule has 1 aliphatic heterocycles. The first kappa shape index (κ1) is 10.4. The van der Waals surface area contributed by atoms with Crippen molar-refractivity contribution in [3.8, 4) is 0 Å². The zero-order valence-electron chi connectivity index (χ0n) is 8.19. The molecule has 0 unspecified atom stereocenters. The second-order valence-electron chi connectivity index (χ2n) is 3.21. The Morgan fingerprint density at radius 3 is 2.80 bits per heavy atom. The van der Waals surface area contributed by atoms with Gasteiger partial charge in [0.25, 0.3) is 5.91 Å². The largest absolute Gasteiger partial charge is 0.290 e. The molecule has 78 valence electrons. The quantitative estimate of drug-likeness (QED) is 0.800. The van der Waals surface area contributed by atoms with Gasteiger partial charge in [0.2, 0.25) is 0 Å². The highest BCUT2D eigenvalue weighted by atomic mass is 32.2. The Hall–Kier alpha value is -1.07. The minimum Gasteiger partial charge on any atom is -0.290 e. The number of nitrogens with zero attached hydrogens (tertiary/aromatic N) is 1. The van der Waals surface area contributed by atoms with Crippen LogP contribution in [0.5, 0.6) is 0 Å². The number of thioether (sulfide) groups is 1. The van der Waals surface area contributed by atoms with Gasteiger partial charge in [-0.3, -0.25) is 10.2 Å². The maximum absolute atomic E-state index is 11.5. The van der Waals surface area contributed by atoms with Gasteiger partial charge in [0.1, 0.15) is 0 Å². The van der Waals surface area contributed by atoms with E-state index in [4.69, 9.17) is 12.2 Å². The normalized spacial score (nSPS) is 15.9. The molecular weight excluding hydrogens is 228 g/mol. The van der Waals surface area contributed by atoms with E-state index in [1.807, 2.05) is 31.2 Å². The molecule has 1 aromatic carbocycles. The first-order chi connectivity index (χ1) is 7.18. The predicted octanol–water partition coefficient (Wildman–Crippen LogP) is 2.18. The van der Waals surface area contributed by atoms with E-state index in [2.05, 4.69) is 5.43 Å². The van der Waals surface area contributed by atoms with Crippen LogP contribution < -0.4 is 5.43 Å². The summed E-state index contributed by atoms with van der Waals surface area (Å²) in [6.45, 7) is 1.99. The van der Waals surface area contributed by atoms with Gasteiger partial charge in [0, 0.05) is 0 Å². The van der Waals surface area contributed by atoms with Crippen LogP contribution in [0.2, 0.25) is 0 Å². The van der Waals surface area contributed by atoms with E-state index in [1.54, 1.807) is 0 Å². The second kappa shape index (κ2) is 4.20. The molecule has 1 aliphatic rings. The number of amides is 1. The summed E-state index contributed by atoms with van der Waals surface area (Å²) in [5.41, 5.74) is 5.03. The smallest absolute Gasteiger partial charge is 0.257 e. The number of hydrazine groups is 1. The van der Waals surface area contributed by atoms with Crippen molar-refractivity contribution in [3.63, 3.8) is 0 Å². The molecular formula is C10H10N2OS2. The maximum atomic E-state index is 11.5. The number of aryl methyl sites for hydroxylation is 1. The second-order valence-corrected chi connectivity index (χ2v) is 4.82. The number of para-hydroxylation sites is 1. The van der Waals surface area contributed by atoms with E-state index in [1.165, 1.54) is 16.8 Å². The Morgan fingerprint density at radius 2 is 2.20 bits per heavy atom. The number of hydrogen-bond donors (Lipinski definition) is 1. The van der Waals surface area contributed by atoms with Crippen molar-refractivity contribution >= 4 is 39.9 Å². The Morgan fingerprint density at radius 1 is 1.47 bits per heavy atom. The lowest BCUT2D eigenvalue weighted by atomic mass is 10.2. The van der Waals surface area contributed by atoms with E-state index in [0.29, 0.717) is 10.1 Å². The molecule has 3 nitrogen and oxygen atoms in total. The molecule has 1 amide bonds. The first-order valence-corrected chi connectivity index (χ1v) is 5.90. The number of carbonyl (C=O) groups excluding carboxylic acids is 1. The molecule has 15 heavy (non-hydrogen) atoms. The van der Waals surface area contributed by atoms with Gasteiger partial charge in [0.15, 0.2) is 4.32 Å². The van der Waals surface area contributed by atoms with E-state index >= 15 is 0 Å². The number of benzene rings is 1. The molecule has 0 aliphatic carbocycles. The van der Waals surface area contributed by atoms with Gasteiger partial charge in [-0.15, -0.1) is 0 Å². The molecule has 1 fully saturated rings. The van der Waals surface area contributed by atoms with Crippen LogP contribution in [0.15, 0.2) is 24.3 Å². The fourth-order valence-corrected chi connectivity index (χ4v) is 2.26. The Kier molecular flexibility index (Phi) is 2.93. The van der Waals surface area contributed by atoms with E-state index in [-0.39, 0.29) is 5.91 Å². The highest BCUT2D eigenvalue weighted by molar-refractivity contribution is 8.23. The molecule has 0 saturated carbocycles. The van der Waals surface area contributed by atoms with Crippen molar-refractivity contribution in [1.82, 2.24) is 5.01 Å². The van der Waals surface area contributed by atoms with Crippen LogP contribution in [0.3, 0.4) is 0 Å². The molecule has 2 rings (SSSR count). The van der Waals surface area contributed by atoms with E-state index in [0.717, 1.165) is 11.3 Å². The average Bonchev–Trinajstić information content (AvgIpc) is 2.53. The van der Waals surface area contributed by atoms with Crippen molar-refractivity contribution in [2.45, 2.75) is 6.92 Å². The number of nitrogens with one attached hydrogen (secondary N) is 1. The predicted molar refractivity (Wildman–Crippen MR) is 66.7 cm³/mol. The van der Waals surface area contributed by atoms with Crippen molar-refractivity contribution in [2.75, 3.05) is 11.2 Å². The van der Waals surface area contributed by atoms with Gasteiger partial charge in [0.05, 0.1) is 11.4 Å². The zero-order chi connectivity index (χ0) is 10.8. The standard InChI is InChI=1S/C10H10N2OS2/c1-7-4-2-3-5-8(7)11-12-9(13)6-15-10(12)14/h2-5,11H,6H2,1H3. The maximum Gasteiger partial charge on any atom is 0.257 e. The summed E-state index contributed by atoms with van der Waals surface area (Å²) in [5.74, 6) is 0.436.